The molecule has 2 atom stereocenters. The van der Waals surface area contributed by atoms with Crippen molar-refractivity contribution < 1.29 is 9.53 Å². The number of hydrogen-bond donors (Lipinski definition) is 1. The van der Waals surface area contributed by atoms with Gasteiger partial charge in [-0.3, -0.25) is 9.69 Å². The van der Waals surface area contributed by atoms with E-state index in [0.717, 1.165) is 37.2 Å². The maximum Gasteiger partial charge on any atom is 0.237 e. The van der Waals surface area contributed by atoms with Crippen molar-refractivity contribution in [3.63, 3.8) is 0 Å². The molecule has 1 amide bonds. The molecule has 2 heterocycles. The SMILES string of the molecule is C[C@@H](C(=O)N[C@@H]1CCOc2ccccc21)N1CCc2ccccc2C1. The molecule has 0 unspecified atom stereocenters. The Balaban J connectivity index is 1.44. The molecular formula is C21H24N2O2. The maximum absolute atomic E-state index is 12.8. The molecule has 2 aromatic rings. The van der Waals surface area contributed by atoms with E-state index in [9.17, 15) is 4.79 Å². The second kappa shape index (κ2) is 6.89. The van der Waals surface area contributed by atoms with Gasteiger partial charge in [-0.2, -0.15) is 0 Å². The Hall–Kier alpha value is -2.33. The normalized spacial score (nSPS) is 20.8. The number of rotatable bonds is 3. The highest BCUT2D eigenvalue weighted by Gasteiger charge is 2.28. The Morgan fingerprint density at radius 3 is 2.80 bits per heavy atom. The zero-order valence-electron chi connectivity index (χ0n) is 14.6. The Morgan fingerprint density at radius 1 is 1.16 bits per heavy atom. The van der Waals surface area contributed by atoms with Crippen LogP contribution < -0.4 is 10.1 Å². The number of carbonyl (C=O) groups excluding carboxylic acids is 1. The summed E-state index contributed by atoms with van der Waals surface area (Å²) in [5, 5.41) is 3.24. The number of amides is 1. The topological polar surface area (TPSA) is 41.6 Å². The second-order valence-electron chi connectivity index (χ2n) is 6.90. The molecule has 4 rings (SSSR count). The average molecular weight is 336 g/mol. The highest BCUT2D eigenvalue weighted by molar-refractivity contribution is 5.82. The van der Waals surface area contributed by atoms with Crippen molar-refractivity contribution in [1.82, 2.24) is 10.2 Å². The third-order valence-electron chi connectivity index (χ3n) is 5.36. The third-order valence-corrected chi connectivity index (χ3v) is 5.36. The quantitative estimate of drug-likeness (QED) is 0.936. The summed E-state index contributed by atoms with van der Waals surface area (Å²) in [6.07, 6.45) is 1.83. The van der Waals surface area contributed by atoms with E-state index in [-0.39, 0.29) is 18.0 Å². The first-order valence-electron chi connectivity index (χ1n) is 9.05. The number of nitrogens with zero attached hydrogens (tertiary/aromatic N) is 1. The second-order valence-corrected chi connectivity index (χ2v) is 6.90. The number of nitrogens with one attached hydrogen (secondary N) is 1. The first-order valence-corrected chi connectivity index (χ1v) is 9.05. The molecule has 0 radical (unpaired) electrons. The van der Waals surface area contributed by atoms with Crippen LogP contribution in [0.2, 0.25) is 0 Å². The fourth-order valence-electron chi connectivity index (χ4n) is 3.80. The highest BCUT2D eigenvalue weighted by atomic mass is 16.5. The van der Waals surface area contributed by atoms with Crippen molar-refractivity contribution in [3.05, 3.63) is 65.2 Å². The molecule has 0 spiro atoms. The largest absolute Gasteiger partial charge is 0.493 e. The van der Waals surface area contributed by atoms with Crippen LogP contribution in [-0.2, 0) is 17.8 Å². The van der Waals surface area contributed by atoms with Gasteiger partial charge in [-0.15, -0.1) is 0 Å². The Labute approximate surface area is 148 Å². The van der Waals surface area contributed by atoms with E-state index in [1.807, 2.05) is 31.2 Å². The molecule has 2 aliphatic heterocycles. The van der Waals surface area contributed by atoms with E-state index >= 15 is 0 Å². The Kier molecular flexibility index (Phi) is 4.45. The fourth-order valence-corrected chi connectivity index (χ4v) is 3.80. The number of benzene rings is 2. The van der Waals surface area contributed by atoms with E-state index in [4.69, 9.17) is 4.74 Å². The molecule has 0 aromatic heterocycles. The van der Waals surface area contributed by atoms with Crippen molar-refractivity contribution in [1.29, 1.82) is 0 Å². The fraction of sp³-hybridized carbons (Fsp3) is 0.381. The zero-order valence-corrected chi connectivity index (χ0v) is 14.6. The number of carbonyl (C=O) groups is 1. The molecule has 130 valence electrons. The van der Waals surface area contributed by atoms with Crippen LogP contribution >= 0.6 is 0 Å². The average Bonchev–Trinajstić information content (AvgIpc) is 2.67. The van der Waals surface area contributed by atoms with Gasteiger partial charge in [-0.25, -0.2) is 0 Å². The molecule has 1 N–H and O–H groups in total. The van der Waals surface area contributed by atoms with Gasteiger partial charge in [0.05, 0.1) is 18.7 Å². The molecule has 0 aliphatic carbocycles. The minimum absolute atomic E-state index is 0.0389. The van der Waals surface area contributed by atoms with Crippen LogP contribution in [0, 0.1) is 0 Å². The molecule has 0 saturated carbocycles. The van der Waals surface area contributed by atoms with E-state index in [2.05, 4.69) is 34.5 Å². The van der Waals surface area contributed by atoms with E-state index < -0.39 is 0 Å². The summed E-state index contributed by atoms with van der Waals surface area (Å²) in [5.74, 6) is 0.986. The van der Waals surface area contributed by atoms with Gasteiger partial charge in [-0.05, 0) is 30.5 Å². The first-order chi connectivity index (χ1) is 12.2. The first kappa shape index (κ1) is 16.2. The van der Waals surface area contributed by atoms with Gasteiger partial charge in [0.2, 0.25) is 5.91 Å². The summed E-state index contributed by atoms with van der Waals surface area (Å²) in [6.45, 7) is 4.42. The van der Waals surface area contributed by atoms with Crippen LogP contribution in [-0.4, -0.2) is 30.0 Å². The van der Waals surface area contributed by atoms with E-state index in [1.54, 1.807) is 0 Å². The van der Waals surface area contributed by atoms with Crippen LogP contribution in [0.3, 0.4) is 0 Å². The Bertz CT molecular complexity index is 774. The lowest BCUT2D eigenvalue weighted by Gasteiger charge is -2.34. The molecule has 2 aliphatic rings. The van der Waals surface area contributed by atoms with E-state index in [1.165, 1.54) is 11.1 Å². The van der Waals surface area contributed by atoms with Gasteiger partial charge in [0.25, 0.3) is 0 Å². The van der Waals surface area contributed by atoms with Crippen LogP contribution in [0.25, 0.3) is 0 Å². The van der Waals surface area contributed by atoms with Crippen LogP contribution in [0.15, 0.2) is 48.5 Å². The highest BCUT2D eigenvalue weighted by Crippen LogP contribution is 2.31. The predicted octanol–water partition coefficient (Wildman–Crippen LogP) is 3.07. The lowest BCUT2D eigenvalue weighted by Crippen LogP contribution is -2.48. The number of fused-ring (bicyclic) bond motifs is 2. The number of ether oxygens (including phenoxy) is 1. The van der Waals surface area contributed by atoms with Gasteiger partial charge in [-0.1, -0.05) is 42.5 Å². The van der Waals surface area contributed by atoms with Crippen molar-refractivity contribution in [3.8, 4) is 5.75 Å². The molecular weight excluding hydrogens is 312 g/mol. The predicted molar refractivity (Wildman–Crippen MR) is 97.5 cm³/mol. The summed E-state index contributed by atoms with van der Waals surface area (Å²) in [5.41, 5.74) is 3.83. The van der Waals surface area contributed by atoms with Crippen molar-refractivity contribution in [2.75, 3.05) is 13.2 Å². The maximum atomic E-state index is 12.8. The summed E-state index contributed by atoms with van der Waals surface area (Å²) < 4.78 is 5.69. The standard InChI is InChI=1S/C21H24N2O2/c1-15(23-12-10-16-6-2-3-7-17(16)14-23)21(24)22-19-11-13-25-20-9-5-4-8-18(19)20/h2-9,15,19H,10-14H2,1H3,(H,22,24)/t15-,19+/m0/s1. The molecule has 0 saturated heterocycles. The van der Waals surface area contributed by atoms with Crippen molar-refractivity contribution >= 4 is 5.91 Å². The summed E-state index contributed by atoms with van der Waals surface area (Å²) in [6, 6.07) is 16.4. The van der Waals surface area contributed by atoms with Gasteiger partial charge in [0.1, 0.15) is 5.75 Å². The molecule has 0 bridgehead atoms. The van der Waals surface area contributed by atoms with Crippen LogP contribution in [0.1, 0.15) is 36.1 Å². The van der Waals surface area contributed by atoms with Gasteiger partial charge >= 0.3 is 0 Å². The summed E-state index contributed by atoms with van der Waals surface area (Å²) >= 11 is 0. The lowest BCUT2D eigenvalue weighted by atomic mass is 9.98. The lowest BCUT2D eigenvalue weighted by molar-refractivity contribution is -0.127. The molecule has 4 heteroatoms. The molecule has 25 heavy (non-hydrogen) atoms. The van der Waals surface area contributed by atoms with Crippen LogP contribution in [0.5, 0.6) is 5.75 Å². The van der Waals surface area contributed by atoms with Crippen molar-refractivity contribution in [2.45, 2.75) is 38.4 Å². The third kappa shape index (κ3) is 3.27. The van der Waals surface area contributed by atoms with Gasteiger partial charge in [0, 0.05) is 25.1 Å². The monoisotopic (exact) mass is 336 g/mol. The van der Waals surface area contributed by atoms with Crippen LogP contribution in [0.4, 0.5) is 0 Å². The zero-order chi connectivity index (χ0) is 17.2. The van der Waals surface area contributed by atoms with Gasteiger partial charge in [0.15, 0.2) is 0 Å². The number of hydrogen-bond acceptors (Lipinski definition) is 3. The summed E-state index contributed by atoms with van der Waals surface area (Å²) in [4.78, 5) is 15.1. The molecule has 0 fully saturated rings. The molecule has 4 nitrogen and oxygen atoms in total. The minimum Gasteiger partial charge on any atom is -0.493 e. The molecule has 2 aromatic carbocycles. The summed E-state index contributed by atoms with van der Waals surface area (Å²) in [7, 11) is 0. The minimum atomic E-state index is -0.136. The van der Waals surface area contributed by atoms with E-state index in [0.29, 0.717) is 6.61 Å². The van der Waals surface area contributed by atoms with Gasteiger partial charge < -0.3 is 10.1 Å². The smallest absolute Gasteiger partial charge is 0.237 e. The number of para-hydroxylation sites is 1. The van der Waals surface area contributed by atoms with Crippen molar-refractivity contribution in [2.24, 2.45) is 0 Å². The Morgan fingerprint density at radius 2 is 1.92 bits per heavy atom.